The number of aromatic nitrogens is 2. The van der Waals surface area contributed by atoms with E-state index in [9.17, 15) is 0 Å². The number of hydrogen-bond acceptors (Lipinski definition) is 3. The first-order chi connectivity index (χ1) is 7.78. The van der Waals surface area contributed by atoms with Gasteiger partial charge in [-0.1, -0.05) is 12.1 Å². The molecule has 1 heterocycles. The predicted molar refractivity (Wildman–Crippen MR) is 63.5 cm³/mol. The number of ether oxygens (including phenoxy) is 1. The van der Waals surface area contributed by atoms with Gasteiger partial charge in [0.25, 0.3) is 0 Å². The third-order valence-corrected chi connectivity index (χ3v) is 2.34. The van der Waals surface area contributed by atoms with Crippen LogP contribution < -0.4 is 10.1 Å². The number of nitrogens with one attached hydrogen (secondary N) is 1. The van der Waals surface area contributed by atoms with Crippen molar-refractivity contribution in [1.29, 1.82) is 0 Å². The van der Waals surface area contributed by atoms with Gasteiger partial charge in [-0.25, -0.2) is 0 Å². The molecule has 0 bridgehead atoms. The first-order valence-corrected chi connectivity index (χ1v) is 5.13. The van der Waals surface area contributed by atoms with Gasteiger partial charge in [-0.05, 0) is 17.7 Å². The van der Waals surface area contributed by atoms with E-state index in [1.165, 1.54) is 5.56 Å². The summed E-state index contributed by atoms with van der Waals surface area (Å²) in [6, 6.07) is 8.00. The number of aryl methyl sites for hydroxylation is 1. The molecule has 2 aromatic rings. The highest BCUT2D eigenvalue weighted by atomic mass is 16.5. The molecule has 0 aliphatic rings. The van der Waals surface area contributed by atoms with Gasteiger partial charge in [-0.15, -0.1) is 0 Å². The lowest BCUT2D eigenvalue weighted by Gasteiger charge is -2.05. The Morgan fingerprint density at radius 1 is 1.44 bits per heavy atom. The van der Waals surface area contributed by atoms with Crippen LogP contribution in [0.2, 0.25) is 0 Å². The SMILES string of the molecule is COc1cccc(CNc2cnn(C)c2)c1. The van der Waals surface area contributed by atoms with Gasteiger partial charge in [0.2, 0.25) is 0 Å². The van der Waals surface area contributed by atoms with E-state index in [0.717, 1.165) is 18.0 Å². The van der Waals surface area contributed by atoms with E-state index >= 15 is 0 Å². The first-order valence-electron chi connectivity index (χ1n) is 5.13. The van der Waals surface area contributed by atoms with Gasteiger partial charge in [0, 0.05) is 19.8 Å². The Morgan fingerprint density at radius 2 is 2.31 bits per heavy atom. The standard InChI is InChI=1S/C12H15N3O/c1-15-9-11(8-14-15)13-7-10-4-3-5-12(6-10)16-2/h3-6,8-9,13H,7H2,1-2H3. The van der Waals surface area contributed by atoms with Gasteiger partial charge in [0.15, 0.2) is 0 Å². The molecular formula is C12H15N3O. The van der Waals surface area contributed by atoms with Crippen molar-refractivity contribution in [3.05, 3.63) is 42.2 Å². The Bertz CT molecular complexity index is 465. The van der Waals surface area contributed by atoms with E-state index < -0.39 is 0 Å². The highest BCUT2D eigenvalue weighted by Crippen LogP contribution is 2.14. The van der Waals surface area contributed by atoms with Crippen molar-refractivity contribution in [2.45, 2.75) is 6.54 Å². The topological polar surface area (TPSA) is 39.1 Å². The normalized spacial score (nSPS) is 10.1. The van der Waals surface area contributed by atoms with Gasteiger partial charge in [0.1, 0.15) is 5.75 Å². The molecule has 0 radical (unpaired) electrons. The second kappa shape index (κ2) is 4.70. The Kier molecular flexibility index (Phi) is 3.10. The lowest BCUT2D eigenvalue weighted by molar-refractivity contribution is 0.414. The lowest BCUT2D eigenvalue weighted by Crippen LogP contribution is -1.98. The summed E-state index contributed by atoms with van der Waals surface area (Å²) in [4.78, 5) is 0. The molecule has 0 saturated heterocycles. The molecule has 0 atom stereocenters. The summed E-state index contributed by atoms with van der Waals surface area (Å²) in [6.07, 6.45) is 3.75. The van der Waals surface area contributed by atoms with Crippen LogP contribution >= 0.6 is 0 Å². The lowest BCUT2D eigenvalue weighted by atomic mass is 10.2. The summed E-state index contributed by atoms with van der Waals surface area (Å²) >= 11 is 0. The van der Waals surface area contributed by atoms with E-state index in [2.05, 4.69) is 16.5 Å². The summed E-state index contributed by atoms with van der Waals surface area (Å²) < 4.78 is 6.94. The zero-order chi connectivity index (χ0) is 11.4. The highest BCUT2D eigenvalue weighted by Gasteiger charge is 1.97. The van der Waals surface area contributed by atoms with Gasteiger partial charge in [-0.2, -0.15) is 5.10 Å². The minimum atomic E-state index is 0.767. The molecule has 16 heavy (non-hydrogen) atoms. The fourth-order valence-corrected chi connectivity index (χ4v) is 1.50. The van der Waals surface area contributed by atoms with Crippen molar-refractivity contribution < 1.29 is 4.74 Å². The van der Waals surface area contributed by atoms with Crippen LogP contribution in [0.4, 0.5) is 5.69 Å². The molecule has 0 aliphatic carbocycles. The van der Waals surface area contributed by atoms with Crippen molar-refractivity contribution in [2.75, 3.05) is 12.4 Å². The van der Waals surface area contributed by atoms with Gasteiger partial charge in [-0.3, -0.25) is 4.68 Å². The average Bonchev–Trinajstić information content (AvgIpc) is 2.73. The van der Waals surface area contributed by atoms with Crippen LogP contribution in [0.5, 0.6) is 5.75 Å². The maximum Gasteiger partial charge on any atom is 0.119 e. The van der Waals surface area contributed by atoms with Crippen LogP contribution in [0.3, 0.4) is 0 Å². The maximum absolute atomic E-state index is 5.17. The third-order valence-electron chi connectivity index (χ3n) is 2.34. The maximum atomic E-state index is 5.17. The smallest absolute Gasteiger partial charge is 0.119 e. The summed E-state index contributed by atoms with van der Waals surface area (Å²) in [7, 11) is 3.57. The molecule has 0 saturated carbocycles. The van der Waals surface area contributed by atoms with E-state index in [0.29, 0.717) is 0 Å². The summed E-state index contributed by atoms with van der Waals surface area (Å²) in [5, 5.41) is 7.39. The molecule has 1 N–H and O–H groups in total. The van der Waals surface area contributed by atoms with Crippen LogP contribution in [-0.4, -0.2) is 16.9 Å². The molecule has 1 aromatic carbocycles. The van der Waals surface area contributed by atoms with Crippen LogP contribution in [0.15, 0.2) is 36.7 Å². The van der Waals surface area contributed by atoms with Gasteiger partial charge < -0.3 is 10.1 Å². The minimum Gasteiger partial charge on any atom is -0.497 e. The molecule has 4 heteroatoms. The second-order valence-electron chi connectivity index (χ2n) is 3.61. The molecule has 84 valence electrons. The van der Waals surface area contributed by atoms with Crippen molar-refractivity contribution in [2.24, 2.45) is 7.05 Å². The van der Waals surface area contributed by atoms with Crippen LogP contribution in [0.1, 0.15) is 5.56 Å². The number of rotatable bonds is 4. The molecule has 0 unspecified atom stereocenters. The number of benzene rings is 1. The Balaban J connectivity index is 1.99. The second-order valence-corrected chi connectivity index (χ2v) is 3.61. The minimum absolute atomic E-state index is 0.767. The Labute approximate surface area is 94.9 Å². The summed E-state index contributed by atoms with van der Waals surface area (Å²) in [5.41, 5.74) is 2.20. The average molecular weight is 217 g/mol. The number of anilines is 1. The molecule has 4 nitrogen and oxygen atoms in total. The van der Waals surface area contributed by atoms with Gasteiger partial charge >= 0.3 is 0 Å². The Morgan fingerprint density at radius 3 is 3.00 bits per heavy atom. The van der Waals surface area contributed by atoms with Crippen molar-refractivity contribution in [3.63, 3.8) is 0 Å². The fourth-order valence-electron chi connectivity index (χ4n) is 1.50. The first kappa shape index (κ1) is 10.5. The van der Waals surface area contributed by atoms with Crippen molar-refractivity contribution >= 4 is 5.69 Å². The van der Waals surface area contributed by atoms with Crippen LogP contribution in [0, 0.1) is 0 Å². The van der Waals surface area contributed by atoms with Crippen molar-refractivity contribution in [1.82, 2.24) is 9.78 Å². The molecule has 2 rings (SSSR count). The molecular weight excluding hydrogens is 202 g/mol. The van der Waals surface area contributed by atoms with Crippen molar-refractivity contribution in [3.8, 4) is 5.75 Å². The molecule has 1 aromatic heterocycles. The van der Waals surface area contributed by atoms with Crippen LogP contribution in [-0.2, 0) is 13.6 Å². The zero-order valence-corrected chi connectivity index (χ0v) is 9.47. The van der Waals surface area contributed by atoms with E-state index in [4.69, 9.17) is 4.74 Å². The van der Waals surface area contributed by atoms with E-state index in [1.54, 1.807) is 18.0 Å². The van der Waals surface area contributed by atoms with Crippen LogP contribution in [0.25, 0.3) is 0 Å². The quantitative estimate of drug-likeness (QED) is 0.851. The molecule has 0 fully saturated rings. The largest absolute Gasteiger partial charge is 0.497 e. The number of hydrogen-bond donors (Lipinski definition) is 1. The monoisotopic (exact) mass is 217 g/mol. The fraction of sp³-hybridized carbons (Fsp3) is 0.250. The summed E-state index contributed by atoms with van der Waals surface area (Å²) in [6.45, 7) is 0.767. The van der Waals surface area contributed by atoms with E-state index in [-0.39, 0.29) is 0 Å². The summed E-state index contributed by atoms with van der Waals surface area (Å²) in [5.74, 6) is 0.880. The van der Waals surface area contributed by atoms with E-state index in [1.807, 2.05) is 31.4 Å². The van der Waals surface area contributed by atoms with Gasteiger partial charge in [0.05, 0.1) is 19.0 Å². The number of methoxy groups -OCH3 is 1. The third kappa shape index (κ3) is 2.53. The zero-order valence-electron chi connectivity index (χ0n) is 9.47. The molecule has 0 spiro atoms. The Hall–Kier alpha value is -1.97. The predicted octanol–water partition coefficient (Wildman–Crippen LogP) is 2.04. The number of nitrogens with zero attached hydrogens (tertiary/aromatic N) is 2. The molecule has 0 amide bonds. The molecule has 0 aliphatic heterocycles. The highest BCUT2D eigenvalue weighted by molar-refractivity contribution is 5.40.